The van der Waals surface area contributed by atoms with Gasteiger partial charge in [-0.2, -0.15) is 0 Å². The fourth-order valence-electron chi connectivity index (χ4n) is 4.04. The fourth-order valence-corrected chi connectivity index (χ4v) is 4.04. The molecule has 3 fully saturated rings. The summed E-state index contributed by atoms with van der Waals surface area (Å²) in [6.07, 6.45) is -25.5. The molecule has 0 aromatic heterocycles. The Balaban J connectivity index is 1.78. The van der Waals surface area contributed by atoms with Gasteiger partial charge in [-0.05, 0) is 0 Å². The monoisotopic (exact) mass is 504 g/mol. The second-order valence-electron chi connectivity index (χ2n) is 8.33. The molecule has 15 atom stereocenters. The van der Waals surface area contributed by atoms with Crippen molar-refractivity contribution in [3.05, 3.63) is 0 Å². The maximum absolute atomic E-state index is 10.7. The lowest BCUT2D eigenvalue weighted by atomic mass is 9.96. The maximum Gasteiger partial charge on any atom is 0.187 e. The summed E-state index contributed by atoms with van der Waals surface area (Å²) in [5.41, 5.74) is 0. The van der Waals surface area contributed by atoms with Gasteiger partial charge in [-0.1, -0.05) is 0 Å². The molecule has 3 heterocycles. The predicted octanol–water partition coefficient (Wildman–Crippen LogP) is -7.57. The van der Waals surface area contributed by atoms with E-state index in [1.54, 1.807) is 0 Å². The van der Waals surface area contributed by atoms with E-state index in [-0.39, 0.29) is 0 Å². The van der Waals surface area contributed by atoms with Crippen LogP contribution < -0.4 is 0 Å². The second kappa shape index (κ2) is 11.6. The lowest BCUT2D eigenvalue weighted by molar-refractivity contribution is -0.379. The van der Waals surface area contributed by atoms with E-state index in [0.717, 1.165) is 0 Å². The van der Waals surface area contributed by atoms with Crippen LogP contribution in [-0.2, 0) is 23.7 Å². The molecular weight excluding hydrogens is 472 g/mol. The van der Waals surface area contributed by atoms with Gasteiger partial charge in [0, 0.05) is 0 Å². The molecule has 3 aliphatic heterocycles. The van der Waals surface area contributed by atoms with Crippen molar-refractivity contribution in [3.63, 3.8) is 0 Å². The minimum absolute atomic E-state index is 0.750. The first-order valence-electron chi connectivity index (χ1n) is 10.6. The van der Waals surface area contributed by atoms with E-state index in [4.69, 9.17) is 23.7 Å². The molecule has 3 saturated heterocycles. The SMILES string of the molecule is OC[C@H]1O[C@@H](O[C@@H]2[C@H](O)[C@H](O[C@@H]3[C@H](O)[C@@H](O)O[C@H](CO)[C@H]3O)O[C@H](CO)[C@H]2O)[C@@H](O)[C@@H](O)[C@@H]1O. The van der Waals surface area contributed by atoms with Crippen LogP contribution in [0.3, 0.4) is 0 Å². The van der Waals surface area contributed by atoms with E-state index >= 15 is 0 Å². The predicted molar refractivity (Wildman–Crippen MR) is 101 cm³/mol. The number of aliphatic hydroxyl groups is 11. The summed E-state index contributed by atoms with van der Waals surface area (Å²) >= 11 is 0. The van der Waals surface area contributed by atoms with E-state index < -0.39 is 112 Å². The molecule has 0 spiro atoms. The highest BCUT2D eigenvalue weighted by atomic mass is 16.7. The average molecular weight is 504 g/mol. The number of ether oxygens (including phenoxy) is 5. The van der Waals surface area contributed by atoms with Crippen LogP contribution >= 0.6 is 0 Å². The van der Waals surface area contributed by atoms with Gasteiger partial charge < -0.3 is 79.9 Å². The Bertz CT molecular complexity index is 639. The minimum atomic E-state index is -1.92. The highest BCUT2D eigenvalue weighted by molar-refractivity contribution is 4.96. The molecule has 3 aliphatic rings. The molecule has 0 bridgehead atoms. The summed E-state index contributed by atoms with van der Waals surface area (Å²) < 4.78 is 26.2. The van der Waals surface area contributed by atoms with Gasteiger partial charge >= 0.3 is 0 Å². The van der Waals surface area contributed by atoms with Gasteiger partial charge in [0.2, 0.25) is 0 Å². The zero-order valence-electron chi connectivity index (χ0n) is 17.7. The van der Waals surface area contributed by atoms with Crippen LogP contribution in [0.2, 0.25) is 0 Å². The van der Waals surface area contributed by atoms with Gasteiger partial charge in [0.25, 0.3) is 0 Å². The Morgan fingerprint density at radius 2 is 0.853 bits per heavy atom. The number of hydrogen-bond donors (Lipinski definition) is 11. The normalized spacial score (nSPS) is 52.5. The molecule has 0 aromatic carbocycles. The van der Waals surface area contributed by atoms with E-state index in [9.17, 15) is 56.2 Å². The molecule has 16 nitrogen and oxygen atoms in total. The number of rotatable bonds is 7. The van der Waals surface area contributed by atoms with Crippen molar-refractivity contribution in [3.8, 4) is 0 Å². The Morgan fingerprint density at radius 1 is 0.441 bits per heavy atom. The van der Waals surface area contributed by atoms with E-state index in [1.807, 2.05) is 0 Å². The van der Waals surface area contributed by atoms with Crippen LogP contribution in [0.5, 0.6) is 0 Å². The van der Waals surface area contributed by atoms with Crippen LogP contribution in [0, 0.1) is 0 Å². The summed E-state index contributed by atoms with van der Waals surface area (Å²) in [6, 6.07) is 0. The van der Waals surface area contributed by atoms with Crippen LogP contribution in [0.4, 0.5) is 0 Å². The van der Waals surface area contributed by atoms with E-state index in [0.29, 0.717) is 0 Å². The fraction of sp³-hybridized carbons (Fsp3) is 1.00. The van der Waals surface area contributed by atoms with Crippen molar-refractivity contribution in [1.29, 1.82) is 0 Å². The molecule has 34 heavy (non-hydrogen) atoms. The van der Waals surface area contributed by atoms with Crippen molar-refractivity contribution in [2.24, 2.45) is 0 Å². The average Bonchev–Trinajstić information content (AvgIpc) is 2.82. The van der Waals surface area contributed by atoms with Gasteiger partial charge in [0.05, 0.1) is 19.8 Å². The lowest BCUT2D eigenvalue weighted by Gasteiger charge is -2.47. The molecule has 16 heteroatoms. The smallest absolute Gasteiger partial charge is 0.187 e. The van der Waals surface area contributed by atoms with Gasteiger partial charge in [-0.15, -0.1) is 0 Å². The van der Waals surface area contributed by atoms with Crippen LogP contribution in [-0.4, -0.2) is 168 Å². The van der Waals surface area contributed by atoms with E-state index in [2.05, 4.69) is 0 Å². The Kier molecular flexibility index (Phi) is 9.54. The van der Waals surface area contributed by atoms with Gasteiger partial charge in [-0.3, -0.25) is 0 Å². The zero-order chi connectivity index (χ0) is 25.3. The molecule has 0 amide bonds. The third kappa shape index (κ3) is 5.37. The molecule has 0 unspecified atom stereocenters. The largest absolute Gasteiger partial charge is 0.394 e. The third-order valence-electron chi connectivity index (χ3n) is 6.09. The summed E-state index contributed by atoms with van der Waals surface area (Å²) in [5.74, 6) is 0. The molecule has 200 valence electrons. The van der Waals surface area contributed by atoms with Gasteiger partial charge in [-0.25, -0.2) is 0 Å². The summed E-state index contributed by atoms with van der Waals surface area (Å²) in [4.78, 5) is 0. The topological polar surface area (TPSA) is 269 Å². The standard InChI is InChI=1S/C18H32O16/c19-1-4-7(22)10(25)11(26)17(31-4)34-15-9(24)6(3-21)32-18(13(15)28)33-14-8(23)5(2-20)30-16(29)12(14)27/h4-29H,1-3H2/t4-,5-,6-,7-,8-,9-,10+,11+,12+,13+,14+,15+,16+,17+,18+/m1/s1. The second-order valence-corrected chi connectivity index (χ2v) is 8.33. The summed E-state index contributed by atoms with van der Waals surface area (Å²) in [7, 11) is 0. The van der Waals surface area contributed by atoms with Crippen molar-refractivity contribution in [1.82, 2.24) is 0 Å². The summed E-state index contributed by atoms with van der Waals surface area (Å²) in [5, 5.41) is 110. The van der Waals surface area contributed by atoms with E-state index in [1.165, 1.54) is 0 Å². The Morgan fingerprint density at radius 3 is 1.35 bits per heavy atom. The van der Waals surface area contributed by atoms with Crippen molar-refractivity contribution < 1.29 is 79.9 Å². The lowest BCUT2D eigenvalue weighted by Crippen LogP contribution is -2.66. The van der Waals surface area contributed by atoms with Crippen molar-refractivity contribution >= 4 is 0 Å². The number of aliphatic hydroxyl groups excluding tert-OH is 11. The Labute approximate surface area is 192 Å². The van der Waals surface area contributed by atoms with Crippen molar-refractivity contribution in [2.75, 3.05) is 19.8 Å². The molecule has 0 aliphatic carbocycles. The highest BCUT2D eigenvalue weighted by Gasteiger charge is 2.53. The molecule has 11 N–H and O–H groups in total. The molecule has 0 aromatic rings. The third-order valence-corrected chi connectivity index (χ3v) is 6.09. The zero-order valence-corrected chi connectivity index (χ0v) is 17.7. The molecular formula is C18H32O16. The first kappa shape index (κ1) is 27.9. The van der Waals surface area contributed by atoms with Crippen molar-refractivity contribution in [2.45, 2.75) is 92.1 Å². The quantitative estimate of drug-likeness (QED) is 0.154. The first-order valence-corrected chi connectivity index (χ1v) is 10.6. The number of hydrogen-bond acceptors (Lipinski definition) is 16. The summed E-state index contributed by atoms with van der Waals surface area (Å²) in [6.45, 7) is -2.33. The van der Waals surface area contributed by atoms with Gasteiger partial charge in [0.15, 0.2) is 18.9 Å². The molecule has 0 radical (unpaired) electrons. The van der Waals surface area contributed by atoms with Crippen LogP contribution in [0.1, 0.15) is 0 Å². The van der Waals surface area contributed by atoms with Crippen LogP contribution in [0.15, 0.2) is 0 Å². The minimum Gasteiger partial charge on any atom is -0.394 e. The Hall–Kier alpha value is -0.640. The molecule has 0 saturated carbocycles. The maximum atomic E-state index is 10.7. The molecule has 3 rings (SSSR count). The van der Waals surface area contributed by atoms with Gasteiger partial charge in [0.1, 0.15) is 73.2 Å². The van der Waals surface area contributed by atoms with Crippen LogP contribution in [0.25, 0.3) is 0 Å². The first-order chi connectivity index (χ1) is 16.0. The highest BCUT2D eigenvalue weighted by Crippen LogP contribution is 2.32.